The first kappa shape index (κ1) is 12.2. The van der Waals surface area contributed by atoms with Gasteiger partial charge >= 0.3 is 0 Å². The number of fused-ring (bicyclic) bond motifs is 1. The van der Waals surface area contributed by atoms with Crippen LogP contribution in [0.25, 0.3) is 0 Å². The van der Waals surface area contributed by atoms with Gasteiger partial charge in [0.25, 0.3) is 0 Å². The summed E-state index contributed by atoms with van der Waals surface area (Å²) in [6, 6.07) is 17.5. The maximum Gasteiger partial charge on any atom is 0.0366 e. The third-order valence-corrected chi connectivity index (χ3v) is 3.96. The lowest BCUT2D eigenvalue weighted by Gasteiger charge is -2.22. The van der Waals surface area contributed by atoms with Crippen LogP contribution in [-0.2, 0) is 19.4 Å². The molecule has 1 heterocycles. The summed E-state index contributed by atoms with van der Waals surface area (Å²) < 4.78 is 0. The Kier molecular flexibility index (Phi) is 3.51. The molecule has 0 radical (unpaired) electrons. The molecule has 0 unspecified atom stereocenters. The Morgan fingerprint density at radius 2 is 1.42 bits per heavy atom. The number of rotatable bonds is 2. The molecular formula is C17H20N2. The van der Waals surface area contributed by atoms with E-state index in [1.165, 1.54) is 22.4 Å². The zero-order chi connectivity index (χ0) is 13.1. The van der Waals surface area contributed by atoms with Gasteiger partial charge in [-0.15, -0.1) is 0 Å². The summed E-state index contributed by atoms with van der Waals surface area (Å²) in [6.45, 7) is 2.81. The molecule has 0 fully saturated rings. The summed E-state index contributed by atoms with van der Waals surface area (Å²) >= 11 is 0. The second kappa shape index (κ2) is 5.45. The summed E-state index contributed by atoms with van der Waals surface area (Å²) in [6.07, 6.45) is 2.27. The molecule has 19 heavy (non-hydrogen) atoms. The lowest BCUT2D eigenvalue weighted by Crippen LogP contribution is -2.25. The molecule has 0 bridgehead atoms. The maximum atomic E-state index is 5.65. The van der Waals surface area contributed by atoms with Crippen molar-refractivity contribution >= 4 is 5.69 Å². The average Bonchev–Trinajstić information content (AvgIpc) is 2.70. The molecule has 0 amide bonds. The quantitative estimate of drug-likeness (QED) is 0.890. The van der Waals surface area contributed by atoms with Gasteiger partial charge in [0.05, 0.1) is 0 Å². The number of hydrogen-bond donors (Lipinski definition) is 1. The minimum absolute atomic E-state index is 0.617. The Balaban J connectivity index is 1.77. The second-order valence-electron chi connectivity index (χ2n) is 5.13. The summed E-state index contributed by atoms with van der Waals surface area (Å²) in [4.78, 5) is 2.47. The van der Waals surface area contributed by atoms with Gasteiger partial charge in [-0.05, 0) is 41.7 Å². The van der Waals surface area contributed by atoms with Gasteiger partial charge in [0.1, 0.15) is 0 Å². The number of nitrogens with two attached hydrogens (primary N) is 1. The van der Waals surface area contributed by atoms with Crippen LogP contribution in [0.5, 0.6) is 0 Å². The van der Waals surface area contributed by atoms with Crippen LogP contribution in [0.4, 0.5) is 5.69 Å². The molecule has 0 aromatic heterocycles. The van der Waals surface area contributed by atoms with Crippen molar-refractivity contribution in [3.8, 4) is 0 Å². The second-order valence-corrected chi connectivity index (χ2v) is 5.13. The third-order valence-electron chi connectivity index (χ3n) is 3.96. The summed E-state index contributed by atoms with van der Waals surface area (Å²) in [7, 11) is 0. The largest absolute Gasteiger partial charge is 0.371 e. The third kappa shape index (κ3) is 2.64. The van der Waals surface area contributed by atoms with Crippen molar-refractivity contribution in [3.05, 3.63) is 65.2 Å². The van der Waals surface area contributed by atoms with Crippen molar-refractivity contribution in [2.45, 2.75) is 19.4 Å². The lowest BCUT2D eigenvalue weighted by molar-refractivity contribution is 0.805. The smallest absolute Gasteiger partial charge is 0.0366 e. The van der Waals surface area contributed by atoms with E-state index in [2.05, 4.69) is 53.4 Å². The zero-order valence-corrected chi connectivity index (χ0v) is 11.2. The van der Waals surface area contributed by atoms with Gasteiger partial charge in [0.15, 0.2) is 0 Å². The van der Waals surface area contributed by atoms with Gasteiger partial charge in [-0.25, -0.2) is 0 Å². The Labute approximate surface area is 114 Å². The highest BCUT2D eigenvalue weighted by molar-refractivity contribution is 5.49. The fourth-order valence-corrected chi connectivity index (χ4v) is 2.77. The molecule has 0 saturated carbocycles. The molecule has 2 aromatic carbocycles. The van der Waals surface area contributed by atoms with E-state index < -0.39 is 0 Å². The van der Waals surface area contributed by atoms with Crippen LogP contribution in [-0.4, -0.2) is 13.1 Å². The monoisotopic (exact) mass is 252 g/mol. The van der Waals surface area contributed by atoms with Crippen LogP contribution in [0.15, 0.2) is 48.5 Å². The number of anilines is 1. The minimum atomic E-state index is 0.617. The van der Waals surface area contributed by atoms with Crippen molar-refractivity contribution in [2.75, 3.05) is 18.0 Å². The molecule has 98 valence electrons. The normalized spacial score (nSPS) is 14.9. The van der Waals surface area contributed by atoms with E-state index in [9.17, 15) is 0 Å². The number of nitrogens with zero attached hydrogens (tertiary/aromatic N) is 1. The molecule has 2 nitrogen and oxygen atoms in total. The highest BCUT2D eigenvalue weighted by Gasteiger charge is 2.13. The predicted octanol–water partition coefficient (Wildman–Crippen LogP) is 2.75. The Bertz CT molecular complexity index is 518. The minimum Gasteiger partial charge on any atom is -0.371 e. The SMILES string of the molecule is NCc1ccc(N2CCc3ccccc3CC2)cc1. The van der Waals surface area contributed by atoms with Crippen molar-refractivity contribution in [1.29, 1.82) is 0 Å². The first-order valence-electron chi connectivity index (χ1n) is 6.97. The van der Waals surface area contributed by atoms with E-state index in [1.54, 1.807) is 0 Å². The fourth-order valence-electron chi connectivity index (χ4n) is 2.77. The summed E-state index contributed by atoms with van der Waals surface area (Å²) in [5.41, 5.74) is 11.2. The first-order valence-corrected chi connectivity index (χ1v) is 6.97. The van der Waals surface area contributed by atoms with Gasteiger partial charge in [0, 0.05) is 25.3 Å². The molecule has 0 atom stereocenters. The van der Waals surface area contributed by atoms with E-state index in [1.807, 2.05) is 0 Å². The van der Waals surface area contributed by atoms with E-state index in [0.717, 1.165) is 25.9 Å². The van der Waals surface area contributed by atoms with Gasteiger partial charge < -0.3 is 10.6 Å². The van der Waals surface area contributed by atoms with Crippen LogP contribution in [0.3, 0.4) is 0 Å². The highest BCUT2D eigenvalue weighted by atomic mass is 15.1. The molecule has 1 aliphatic heterocycles. The Morgan fingerprint density at radius 3 is 1.95 bits per heavy atom. The summed E-state index contributed by atoms with van der Waals surface area (Å²) in [5.74, 6) is 0. The lowest BCUT2D eigenvalue weighted by atomic mass is 10.0. The molecule has 2 aromatic rings. The number of hydrogen-bond acceptors (Lipinski definition) is 2. The standard InChI is InChI=1S/C17H20N2/c18-13-14-5-7-17(8-6-14)19-11-9-15-3-1-2-4-16(15)10-12-19/h1-8H,9-13,18H2. The van der Waals surface area contributed by atoms with Gasteiger partial charge in [-0.1, -0.05) is 36.4 Å². The highest BCUT2D eigenvalue weighted by Crippen LogP contribution is 2.21. The van der Waals surface area contributed by atoms with Crippen molar-refractivity contribution in [1.82, 2.24) is 0 Å². The fraction of sp³-hybridized carbons (Fsp3) is 0.294. The Morgan fingerprint density at radius 1 is 0.842 bits per heavy atom. The summed E-state index contributed by atoms with van der Waals surface area (Å²) in [5, 5.41) is 0. The molecular weight excluding hydrogens is 232 g/mol. The van der Waals surface area contributed by atoms with E-state index >= 15 is 0 Å². The van der Waals surface area contributed by atoms with Crippen LogP contribution >= 0.6 is 0 Å². The van der Waals surface area contributed by atoms with Gasteiger partial charge in [0.2, 0.25) is 0 Å². The average molecular weight is 252 g/mol. The van der Waals surface area contributed by atoms with E-state index in [0.29, 0.717) is 6.54 Å². The molecule has 0 spiro atoms. The molecule has 0 aliphatic carbocycles. The molecule has 2 heteroatoms. The van der Waals surface area contributed by atoms with Crippen LogP contribution in [0.1, 0.15) is 16.7 Å². The predicted molar refractivity (Wildman–Crippen MR) is 80.4 cm³/mol. The first-order chi connectivity index (χ1) is 9.36. The molecule has 1 aliphatic rings. The van der Waals surface area contributed by atoms with Crippen LogP contribution < -0.4 is 10.6 Å². The topological polar surface area (TPSA) is 29.3 Å². The van der Waals surface area contributed by atoms with Gasteiger partial charge in [-0.3, -0.25) is 0 Å². The van der Waals surface area contributed by atoms with E-state index in [-0.39, 0.29) is 0 Å². The molecule has 0 saturated heterocycles. The van der Waals surface area contributed by atoms with Crippen LogP contribution in [0, 0.1) is 0 Å². The Hall–Kier alpha value is -1.80. The molecule has 2 N–H and O–H groups in total. The van der Waals surface area contributed by atoms with E-state index in [4.69, 9.17) is 5.73 Å². The van der Waals surface area contributed by atoms with Crippen LogP contribution in [0.2, 0.25) is 0 Å². The van der Waals surface area contributed by atoms with Gasteiger partial charge in [-0.2, -0.15) is 0 Å². The zero-order valence-electron chi connectivity index (χ0n) is 11.2. The maximum absolute atomic E-state index is 5.65. The number of benzene rings is 2. The molecule has 3 rings (SSSR count). The van der Waals surface area contributed by atoms with Crippen molar-refractivity contribution in [2.24, 2.45) is 5.73 Å². The van der Waals surface area contributed by atoms with Crippen molar-refractivity contribution < 1.29 is 0 Å². The van der Waals surface area contributed by atoms with Crippen molar-refractivity contribution in [3.63, 3.8) is 0 Å².